The van der Waals surface area contributed by atoms with Crippen molar-refractivity contribution in [3.05, 3.63) is 35.9 Å². The Morgan fingerprint density at radius 1 is 1.26 bits per heavy atom. The maximum absolute atomic E-state index is 11.7. The van der Waals surface area contributed by atoms with Gasteiger partial charge in [0, 0.05) is 8.07 Å². The number of carbonyl (C=O) groups is 1. The molecule has 1 aromatic rings. The monoisotopic (exact) mass is 301 g/mol. The average molecular weight is 302 g/mol. The number of esters is 1. The van der Waals surface area contributed by atoms with E-state index in [4.69, 9.17) is 10.5 Å². The van der Waals surface area contributed by atoms with Crippen LogP contribution in [0.15, 0.2) is 30.3 Å². The predicted octanol–water partition coefficient (Wildman–Crippen LogP) is 3.38. The SMILES string of the molecule is C[Si](C)(C)CCCOC(=O)C(N)c1ccccc1.Cl. The second-order valence-corrected chi connectivity index (χ2v) is 11.3. The third-order valence-corrected chi connectivity index (χ3v) is 4.58. The van der Waals surface area contributed by atoms with Crippen LogP contribution in [0.25, 0.3) is 0 Å². The molecule has 0 saturated heterocycles. The van der Waals surface area contributed by atoms with E-state index in [0.29, 0.717) is 6.61 Å². The number of hydrogen-bond acceptors (Lipinski definition) is 3. The Balaban J connectivity index is 0.00000324. The summed E-state index contributed by atoms with van der Waals surface area (Å²) in [6, 6.07) is 9.82. The number of rotatable bonds is 6. The summed E-state index contributed by atoms with van der Waals surface area (Å²) >= 11 is 0. The van der Waals surface area contributed by atoms with Gasteiger partial charge in [-0.1, -0.05) is 56.0 Å². The highest BCUT2D eigenvalue weighted by Crippen LogP contribution is 2.13. The van der Waals surface area contributed by atoms with Crippen molar-refractivity contribution in [1.29, 1.82) is 0 Å². The molecule has 0 aliphatic heterocycles. The van der Waals surface area contributed by atoms with E-state index in [0.717, 1.165) is 12.0 Å². The number of hydrogen-bond donors (Lipinski definition) is 1. The number of benzene rings is 1. The van der Waals surface area contributed by atoms with E-state index < -0.39 is 14.1 Å². The zero-order chi connectivity index (χ0) is 13.6. The third-order valence-electron chi connectivity index (χ3n) is 2.73. The molecule has 5 heteroatoms. The van der Waals surface area contributed by atoms with Crippen LogP contribution in [-0.4, -0.2) is 20.7 Å². The Bertz CT molecular complexity index is 379. The fourth-order valence-electron chi connectivity index (χ4n) is 1.66. The second-order valence-electron chi connectivity index (χ2n) is 5.72. The van der Waals surface area contributed by atoms with Crippen LogP contribution in [0.3, 0.4) is 0 Å². The molecule has 0 fully saturated rings. The van der Waals surface area contributed by atoms with Gasteiger partial charge in [0.15, 0.2) is 0 Å². The highest BCUT2D eigenvalue weighted by Gasteiger charge is 2.17. The fourth-order valence-corrected chi connectivity index (χ4v) is 2.87. The molecule has 108 valence electrons. The molecule has 0 heterocycles. The van der Waals surface area contributed by atoms with Gasteiger partial charge in [-0.3, -0.25) is 0 Å². The number of carbonyl (C=O) groups excluding carboxylic acids is 1. The van der Waals surface area contributed by atoms with Gasteiger partial charge < -0.3 is 10.5 Å². The Labute approximate surface area is 122 Å². The molecule has 0 aromatic heterocycles. The summed E-state index contributed by atoms with van der Waals surface area (Å²) in [5.41, 5.74) is 6.64. The summed E-state index contributed by atoms with van der Waals surface area (Å²) in [4.78, 5) is 11.7. The van der Waals surface area contributed by atoms with Gasteiger partial charge in [0.05, 0.1) is 6.61 Å². The molecule has 0 spiro atoms. The Morgan fingerprint density at radius 2 is 1.84 bits per heavy atom. The normalized spacial score (nSPS) is 12.4. The van der Waals surface area contributed by atoms with Gasteiger partial charge in [-0.15, -0.1) is 12.4 Å². The average Bonchev–Trinajstić information content (AvgIpc) is 2.33. The van der Waals surface area contributed by atoms with Gasteiger partial charge in [-0.05, 0) is 12.0 Å². The van der Waals surface area contributed by atoms with Crippen LogP contribution < -0.4 is 5.73 Å². The molecule has 0 bridgehead atoms. The molecule has 0 amide bonds. The summed E-state index contributed by atoms with van der Waals surface area (Å²) in [6.45, 7) is 7.41. The summed E-state index contributed by atoms with van der Waals surface area (Å²) in [6.07, 6.45) is 0.934. The minimum Gasteiger partial charge on any atom is -0.464 e. The summed E-state index contributed by atoms with van der Waals surface area (Å²) in [7, 11) is -1.04. The van der Waals surface area contributed by atoms with Crippen molar-refractivity contribution in [2.45, 2.75) is 38.1 Å². The lowest BCUT2D eigenvalue weighted by Gasteiger charge is -2.16. The Kier molecular flexibility index (Phi) is 7.98. The molecular formula is C14H24ClNO2Si. The zero-order valence-corrected chi connectivity index (χ0v) is 13.7. The van der Waals surface area contributed by atoms with Gasteiger partial charge in [-0.2, -0.15) is 0 Å². The van der Waals surface area contributed by atoms with E-state index >= 15 is 0 Å². The molecular weight excluding hydrogens is 278 g/mol. The van der Waals surface area contributed by atoms with Crippen LogP contribution in [0.5, 0.6) is 0 Å². The molecule has 0 radical (unpaired) electrons. The molecule has 1 atom stereocenters. The van der Waals surface area contributed by atoms with Crippen LogP contribution >= 0.6 is 12.4 Å². The first-order valence-electron chi connectivity index (χ1n) is 6.37. The van der Waals surface area contributed by atoms with Crippen LogP contribution in [0.1, 0.15) is 18.0 Å². The van der Waals surface area contributed by atoms with Gasteiger partial charge in [-0.25, -0.2) is 4.79 Å². The molecule has 3 nitrogen and oxygen atoms in total. The molecule has 2 N–H and O–H groups in total. The van der Waals surface area contributed by atoms with E-state index in [1.807, 2.05) is 30.3 Å². The third kappa shape index (κ3) is 7.35. The highest BCUT2D eigenvalue weighted by molar-refractivity contribution is 6.76. The van der Waals surface area contributed by atoms with E-state index in [1.54, 1.807) is 0 Å². The minimum atomic E-state index is -1.04. The van der Waals surface area contributed by atoms with Crippen LogP contribution in [0.4, 0.5) is 0 Å². The predicted molar refractivity (Wildman–Crippen MR) is 84.3 cm³/mol. The molecule has 0 aliphatic rings. The second kappa shape index (κ2) is 8.35. The topological polar surface area (TPSA) is 52.3 Å². The number of nitrogens with two attached hydrogens (primary N) is 1. The first kappa shape index (κ1) is 18.2. The van der Waals surface area contributed by atoms with Crippen molar-refractivity contribution < 1.29 is 9.53 Å². The van der Waals surface area contributed by atoms with Crippen LogP contribution in [0.2, 0.25) is 25.7 Å². The van der Waals surface area contributed by atoms with Crippen molar-refractivity contribution >= 4 is 26.5 Å². The molecule has 1 aromatic carbocycles. The number of ether oxygens (including phenoxy) is 1. The van der Waals surface area contributed by atoms with Crippen molar-refractivity contribution in [1.82, 2.24) is 0 Å². The highest BCUT2D eigenvalue weighted by atomic mass is 35.5. The summed E-state index contributed by atoms with van der Waals surface area (Å²) in [5, 5.41) is 0. The van der Waals surface area contributed by atoms with E-state index in [-0.39, 0.29) is 18.4 Å². The Morgan fingerprint density at radius 3 is 2.37 bits per heavy atom. The van der Waals surface area contributed by atoms with E-state index in [2.05, 4.69) is 19.6 Å². The fraction of sp³-hybridized carbons (Fsp3) is 0.500. The maximum Gasteiger partial charge on any atom is 0.327 e. The van der Waals surface area contributed by atoms with Crippen molar-refractivity contribution in [3.63, 3.8) is 0 Å². The van der Waals surface area contributed by atoms with Gasteiger partial charge in [0.25, 0.3) is 0 Å². The van der Waals surface area contributed by atoms with Crippen molar-refractivity contribution in [2.24, 2.45) is 5.73 Å². The molecule has 0 saturated carbocycles. The largest absolute Gasteiger partial charge is 0.464 e. The van der Waals surface area contributed by atoms with Crippen molar-refractivity contribution in [2.75, 3.05) is 6.61 Å². The quantitative estimate of drug-likeness (QED) is 0.498. The number of halogens is 1. The summed E-state index contributed by atoms with van der Waals surface area (Å²) < 4.78 is 5.21. The maximum atomic E-state index is 11.7. The zero-order valence-electron chi connectivity index (χ0n) is 11.9. The standard InChI is InChI=1S/C14H23NO2Si.ClH/c1-18(2,3)11-7-10-17-14(16)13(15)12-8-5-4-6-9-12;/h4-6,8-9,13H,7,10-11,15H2,1-3H3;1H. The van der Waals surface area contributed by atoms with Gasteiger partial charge >= 0.3 is 5.97 Å². The lowest BCUT2D eigenvalue weighted by Crippen LogP contribution is -2.25. The molecule has 1 rings (SSSR count). The van der Waals surface area contributed by atoms with Gasteiger partial charge in [0.2, 0.25) is 0 Å². The lowest BCUT2D eigenvalue weighted by atomic mass is 10.1. The molecule has 0 aliphatic carbocycles. The first-order chi connectivity index (χ1) is 8.40. The lowest BCUT2D eigenvalue weighted by molar-refractivity contribution is -0.145. The van der Waals surface area contributed by atoms with E-state index in [1.165, 1.54) is 6.04 Å². The van der Waals surface area contributed by atoms with Crippen LogP contribution in [0, 0.1) is 0 Å². The Hall–Kier alpha value is -0.843. The van der Waals surface area contributed by atoms with Gasteiger partial charge in [0.1, 0.15) is 6.04 Å². The smallest absolute Gasteiger partial charge is 0.327 e. The van der Waals surface area contributed by atoms with Crippen molar-refractivity contribution in [3.8, 4) is 0 Å². The van der Waals surface area contributed by atoms with E-state index in [9.17, 15) is 4.79 Å². The molecule has 19 heavy (non-hydrogen) atoms. The minimum absolute atomic E-state index is 0. The first-order valence-corrected chi connectivity index (χ1v) is 10.1. The van der Waals surface area contributed by atoms with Crippen LogP contribution in [-0.2, 0) is 9.53 Å². The molecule has 1 unspecified atom stereocenters. The summed E-state index contributed by atoms with van der Waals surface area (Å²) in [5.74, 6) is -0.336.